The normalized spacial score (nSPS) is 10.4. The van der Waals surface area contributed by atoms with E-state index in [0.29, 0.717) is 29.3 Å². The van der Waals surface area contributed by atoms with Crippen LogP contribution < -0.4 is 14.8 Å². The first-order valence-corrected chi connectivity index (χ1v) is 8.21. The van der Waals surface area contributed by atoms with Crippen LogP contribution in [0.15, 0.2) is 48.5 Å². The largest absolute Gasteiger partial charge is 0.493 e. The minimum atomic E-state index is -0.323. The van der Waals surface area contributed by atoms with Crippen LogP contribution in [0.25, 0.3) is 5.69 Å². The van der Waals surface area contributed by atoms with Crippen molar-refractivity contribution >= 4 is 11.6 Å². The first kappa shape index (κ1) is 17.5. The van der Waals surface area contributed by atoms with Gasteiger partial charge in [-0.2, -0.15) is 0 Å². The molecule has 0 fully saturated rings. The fourth-order valence-electron chi connectivity index (χ4n) is 2.68. The van der Waals surface area contributed by atoms with Crippen LogP contribution in [0.5, 0.6) is 11.5 Å². The van der Waals surface area contributed by atoms with Crippen LogP contribution in [0.1, 0.15) is 23.1 Å². The summed E-state index contributed by atoms with van der Waals surface area (Å²) in [6, 6.07) is 14.8. The number of methoxy groups -OCH3 is 2. The van der Waals surface area contributed by atoms with Gasteiger partial charge in [0.05, 0.1) is 25.6 Å². The van der Waals surface area contributed by atoms with E-state index in [0.717, 1.165) is 11.4 Å². The molecule has 0 atom stereocenters. The SMILES string of the molecule is CCc1c(C(=O)Nc2ccc(OC)c(OC)c2)nnn1-c1ccccc1. The maximum atomic E-state index is 12.7. The Morgan fingerprint density at radius 2 is 1.81 bits per heavy atom. The monoisotopic (exact) mass is 352 g/mol. The zero-order valence-corrected chi connectivity index (χ0v) is 14.9. The van der Waals surface area contributed by atoms with E-state index in [1.807, 2.05) is 37.3 Å². The zero-order chi connectivity index (χ0) is 18.5. The molecule has 1 amide bonds. The molecule has 2 aromatic carbocycles. The number of hydrogen-bond acceptors (Lipinski definition) is 5. The molecule has 26 heavy (non-hydrogen) atoms. The maximum Gasteiger partial charge on any atom is 0.278 e. The third-order valence-corrected chi connectivity index (χ3v) is 3.96. The number of rotatable bonds is 6. The molecular weight excluding hydrogens is 332 g/mol. The lowest BCUT2D eigenvalue weighted by atomic mass is 10.2. The highest BCUT2D eigenvalue weighted by molar-refractivity contribution is 6.03. The molecule has 0 unspecified atom stereocenters. The lowest BCUT2D eigenvalue weighted by Gasteiger charge is -2.10. The Morgan fingerprint density at radius 3 is 2.46 bits per heavy atom. The molecule has 7 heteroatoms. The van der Waals surface area contributed by atoms with Gasteiger partial charge in [-0.25, -0.2) is 4.68 Å². The van der Waals surface area contributed by atoms with Gasteiger partial charge in [0.15, 0.2) is 17.2 Å². The van der Waals surface area contributed by atoms with Crippen molar-refractivity contribution in [3.05, 3.63) is 59.9 Å². The van der Waals surface area contributed by atoms with Crippen molar-refractivity contribution in [2.45, 2.75) is 13.3 Å². The number of carbonyl (C=O) groups excluding carboxylic acids is 1. The topological polar surface area (TPSA) is 78.3 Å². The quantitative estimate of drug-likeness (QED) is 0.737. The number of amides is 1. The Hall–Kier alpha value is -3.35. The van der Waals surface area contributed by atoms with Crippen molar-refractivity contribution in [3.63, 3.8) is 0 Å². The van der Waals surface area contributed by atoms with Crippen molar-refractivity contribution in [2.24, 2.45) is 0 Å². The minimum absolute atomic E-state index is 0.297. The van der Waals surface area contributed by atoms with Crippen LogP contribution in [0.3, 0.4) is 0 Å². The van der Waals surface area contributed by atoms with E-state index < -0.39 is 0 Å². The average molecular weight is 352 g/mol. The number of ether oxygens (including phenoxy) is 2. The molecule has 134 valence electrons. The van der Waals surface area contributed by atoms with Crippen molar-refractivity contribution in [1.82, 2.24) is 15.0 Å². The molecule has 7 nitrogen and oxygen atoms in total. The molecule has 0 radical (unpaired) electrons. The summed E-state index contributed by atoms with van der Waals surface area (Å²) in [5.41, 5.74) is 2.49. The molecular formula is C19H20N4O3. The first-order valence-electron chi connectivity index (χ1n) is 8.21. The van der Waals surface area contributed by atoms with E-state index in [1.165, 1.54) is 0 Å². The van der Waals surface area contributed by atoms with Gasteiger partial charge in [0.2, 0.25) is 0 Å². The fraction of sp³-hybridized carbons (Fsp3) is 0.211. The second kappa shape index (κ2) is 7.69. The van der Waals surface area contributed by atoms with Gasteiger partial charge in [-0.05, 0) is 30.7 Å². The zero-order valence-electron chi connectivity index (χ0n) is 14.9. The molecule has 0 aliphatic carbocycles. The highest BCUT2D eigenvalue weighted by Crippen LogP contribution is 2.30. The summed E-state index contributed by atoms with van der Waals surface area (Å²) in [6.07, 6.45) is 0.622. The smallest absolute Gasteiger partial charge is 0.278 e. The fourth-order valence-corrected chi connectivity index (χ4v) is 2.68. The number of aromatic nitrogens is 3. The molecule has 0 saturated heterocycles. The summed E-state index contributed by atoms with van der Waals surface area (Å²) < 4.78 is 12.2. The standard InChI is InChI=1S/C19H20N4O3/c1-4-15-18(21-22-23(15)14-8-6-5-7-9-14)19(24)20-13-10-11-16(25-2)17(12-13)26-3/h5-12H,4H2,1-3H3,(H,20,24). The predicted molar refractivity (Wildman–Crippen MR) is 98.2 cm³/mol. The number of hydrogen-bond donors (Lipinski definition) is 1. The number of nitrogens with zero attached hydrogens (tertiary/aromatic N) is 3. The Morgan fingerprint density at radius 1 is 1.08 bits per heavy atom. The molecule has 3 rings (SSSR count). The van der Waals surface area contributed by atoms with Gasteiger partial charge >= 0.3 is 0 Å². The van der Waals surface area contributed by atoms with E-state index >= 15 is 0 Å². The number of benzene rings is 2. The summed E-state index contributed by atoms with van der Waals surface area (Å²) in [5.74, 6) is 0.806. The predicted octanol–water partition coefficient (Wildman–Crippen LogP) is 3.10. The highest BCUT2D eigenvalue weighted by Gasteiger charge is 2.20. The van der Waals surface area contributed by atoms with Crippen LogP contribution in [0.2, 0.25) is 0 Å². The third-order valence-electron chi connectivity index (χ3n) is 3.96. The van der Waals surface area contributed by atoms with Gasteiger partial charge in [-0.15, -0.1) is 5.10 Å². The summed E-state index contributed by atoms with van der Waals surface area (Å²) in [4.78, 5) is 12.7. The van der Waals surface area contributed by atoms with E-state index in [4.69, 9.17) is 9.47 Å². The van der Waals surface area contributed by atoms with Crippen molar-refractivity contribution < 1.29 is 14.3 Å². The molecule has 1 N–H and O–H groups in total. The lowest BCUT2D eigenvalue weighted by Crippen LogP contribution is -2.15. The van der Waals surface area contributed by atoms with Gasteiger partial charge in [0, 0.05) is 11.8 Å². The summed E-state index contributed by atoms with van der Waals surface area (Å²) in [7, 11) is 3.11. The number of nitrogens with one attached hydrogen (secondary N) is 1. The van der Waals surface area contributed by atoms with Crippen LogP contribution in [0, 0.1) is 0 Å². The third kappa shape index (κ3) is 3.37. The van der Waals surface area contributed by atoms with E-state index in [2.05, 4.69) is 15.6 Å². The molecule has 3 aromatic rings. The number of carbonyl (C=O) groups is 1. The summed E-state index contributed by atoms with van der Waals surface area (Å²) in [6.45, 7) is 1.96. The van der Waals surface area contributed by atoms with Gasteiger partial charge in [-0.1, -0.05) is 30.3 Å². The molecule has 0 saturated carbocycles. The van der Waals surface area contributed by atoms with E-state index in [1.54, 1.807) is 37.1 Å². The van der Waals surface area contributed by atoms with Crippen molar-refractivity contribution in [2.75, 3.05) is 19.5 Å². The van der Waals surface area contributed by atoms with Gasteiger partial charge < -0.3 is 14.8 Å². The molecule has 0 aliphatic heterocycles. The summed E-state index contributed by atoms with van der Waals surface area (Å²) in [5, 5.41) is 11.1. The van der Waals surface area contributed by atoms with Crippen LogP contribution in [-0.2, 0) is 6.42 Å². The van der Waals surface area contributed by atoms with Crippen molar-refractivity contribution in [1.29, 1.82) is 0 Å². The Kier molecular flexibility index (Phi) is 5.17. The highest BCUT2D eigenvalue weighted by atomic mass is 16.5. The first-order chi connectivity index (χ1) is 12.7. The van der Waals surface area contributed by atoms with E-state index in [9.17, 15) is 4.79 Å². The van der Waals surface area contributed by atoms with Gasteiger partial charge in [0.25, 0.3) is 5.91 Å². The van der Waals surface area contributed by atoms with Gasteiger partial charge in [0.1, 0.15) is 0 Å². The lowest BCUT2D eigenvalue weighted by molar-refractivity contribution is 0.102. The second-order valence-corrected chi connectivity index (χ2v) is 5.51. The Bertz CT molecular complexity index is 906. The number of anilines is 1. The average Bonchev–Trinajstić information content (AvgIpc) is 3.12. The maximum absolute atomic E-state index is 12.7. The van der Waals surface area contributed by atoms with Crippen LogP contribution >= 0.6 is 0 Å². The molecule has 0 aliphatic rings. The molecule has 1 aromatic heterocycles. The van der Waals surface area contributed by atoms with Gasteiger partial charge in [-0.3, -0.25) is 4.79 Å². The molecule has 0 spiro atoms. The Labute approximate surface area is 151 Å². The molecule has 0 bridgehead atoms. The number of para-hydroxylation sites is 1. The minimum Gasteiger partial charge on any atom is -0.493 e. The Balaban J connectivity index is 1.88. The van der Waals surface area contributed by atoms with E-state index in [-0.39, 0.29) is 5.91 Å². The summed E-state index contributed by atoms with van der Waals surface area (Å²) >= 11 is 0. The van der Waals surface area contributed by atoms with Crippen LogP contribution in [0.4, 0.5) is 5.69 Å². The second-order valence-electron chi connectivity index (χ2n) is 5.51. The van der Waals surface area contributed by atoms with Crippen molar-refractivity contribution in [3.8, 4) is 17.2 Å². The van der Waals surface area contributed by atoms with Crippen LogP contribution in [-0.4, -0.2) is 35.1 Å². The molecule has 1 heterocycles.